The second kappa shape index (κ2) is 8.41. The Labute approximate surface area is 141 Å². The van der Waals surface area contributed by atoms with Gasteiger partial charge in [-0.3, -0.25) is 4.57 Å². The van der Waals surface area contributed by atoms with Gasteiger partial charge in [0.2, 0.25) is 11.1 Å². The quantitative estimate of drug-likeness (QED) is 0.501. The first kappa shape index (κ1) is 17.1. The van der Waals surface area contributed by atoms with E-state index in [0.717, 1.165) is 12.8 Å². The number of unbranched alkanes of at least 4 members (excludes halogenated alkanes) is 5. The Hall–Kier alpha value is -2.24. The van der Waals surface area contributed by atoms with E-state index in [4.69, 9.17) is 23.8 Å². The van der Waals surface area contributed by atoms with Gasteiger partial charge in [-0.2, -0.15) is 0 Å². The van der Waals surface area contributed by atoms with Gasteiger partial charge in [-0.1, -0.05) is 44.4 Å². The molecule has 0 amide bonds. The fraction of sp³-hybridized carbons (Fsp3) is 0.471. The Morgan fingerprint density at radius 1 is 1.17 bits per heavy atom. The fourth-order valence-electron chi connectivity index (χ4n) is 2.24. The summed E-state index contributed by atoms with van der Waals surface area (Å²) >= 11 is 6.05. The van der Waals surface area contributed by atoms with E-state index in [1.807, 2.05) is 0 Å². The number of hydrogen-bond acceptors (Lipinski definition) is 4. The zero-order chi connectivity index (χ0) is 16.7. The molecule has 0 saturated carbocycles. The van der Waals surface area contributed by atoms with Gasteiger partial charge in [-0.25, -0.2) is 15.0 Å². The van der Waals surface area contributed by atoms with Crippen molar-refractivity contribution in [2.75, 3.05) is 5.73 Å². The second-order valence-corrected chi connectivity index (χ2v) is 5.58. The molecule has 2 aromatic heterocycles. The number of hydrogen-bond donors (Lipinski definition) is 1. The average Bonchev–Trinajstić information content (AvgIpc) is 2.84. The summed E-state index contributed by atoms with van der Waals surface area (Å²) < 4.78 is 1.62. The van der Waals surface area contributed by atoms with E-state index in [2.05, 4.69) is 39.6 Å². The Morgan fingerprint density at radius 3 is 2.70 bits per heavy atom. The van der Waals surface area contributed by atoms with Crippen molar-refractivity contribution in [3.05, 3.63) is 11.1 Å². The molecule has 5 nitrogen and oxygen atoms in total. The van der Waals surface area contributed by atoms with Gasteiger partial charge in [0, 0.05) is 6.42 Å². The van der Waals surface area contributed by atoms with Crippen LogP contribution in [0.3, 0.4) is 0 Å². The van der Waals surface area contributed by atoms with Gasteiger partial charge in [0.15, 0.2) is 17.0 Å². The molecule has 0 spiro atoms. The van der Waals surface area contributed by atoms with Crippen molar-refractivity contribution < 1.29 is 0 Å². The number of terminal acetylenes is 1. The highest BCUT2D eigenvalue weighted by Crippen LogP contribution is 2.21. The van der Waals surface area contributed by atoms with E-state index in [0.29, 0.717) is 17.0 Å². The minimum Gasteiger partial charge on any atom is -0.382 e. The molecule has 0 aliphatic carbocycles. The lowest BCUT2D eigenvalue weighted by molar-refractivity contribution is 0.641. The molecule has 0 bridgehead atoms. The summed E-state index contributed by atoms with van der Waals surface area (Å²) in [6, 6.07) is 0. The molecule has 2 N–H and O–H groups in total. The number of rotatable bonds is 6. The van der Waals surface area contributed by atoms with E-state index >= 15 is 0 Å². The van der Waals surface area contributed by atoms with Crippen LogP contribution in [0.15, 0.2) is 0 Å². The molecule has 6 heteroatoms. The predicted octanol–water partition coefficient (Wildman–Crippen LogP) is 3.41. The van der Waals surface area contributed by atoms with Crippen molar-refractivity contribution in [1.82, 2.24) is 19.5 Å². The van der Waals surface area contributed by atoms with Crippen molar-refractivity contribution in [2.45, 2.75) is 52.0 Å². The highest BCUT2D eigenvalue weighted by molar-refractivity contribution is 6.29. The van der Waals surface area contributed by atoms with Gasteiger partial charge < -0.3 is 5.73 Å². The van der Waals surface area contributed by atoms with E-state index in [1.54, 1.807) is 4.57 Å². The molecule has 2 heterocycles. The summed E-state index contributed by atoms with van der Waals surface area (Å²) in [5.74, 6) is 9.21. The molecule has 0 radical (unpaired) electrons. The Kier molecular flexibility index (Phi) is 6.26. The third-order valence-electron chi connectivity index (χ3n) is 3.43. The molecule has 0 fully saturated rings. The van der Waals surface area contributed by atoms with Crippen LogP contribution in [0.4, 0.5) is 5.82 Å². The summed E-state index contributed by atoms with van der Waals surface area (Å²) in [5.41, 5.74) is 6.89. The van der Waals surface area contributed by atoms with Gasteiger partial charge in [-0.05, 0) is 23.9 Å². The third kappa shape index (κ3) is 4.37. The lowest BCUT2D eigenvalue weighted by Gasteiger charge is -2.00. The molecule has 2 aromatic rings. The summed E-state index contributed by atoms with van der Waals surface area (Å²) in [6.07, 6.45) is 12.3. The molecular formula is C17H20ClN5. The van der Waals surface area contributed by atoms with Crippen LogP contribution in [0, 0.1) is 24.2 Å². The maximum Gasteiger partial charge on any atom is 0.208 e. The van der Waals surface area contributed by atoms with Gasteiger partial charge >= 0.3 is 0 Å². The van der Waals surface area contributed by atoms with Gasteiger partial charge in [0.1, 0.15) is 0 Å². The molecule has 0 saturated heterocycles. The molecule has 23 heavy (non-hydrogen) atoms. The van der Waals surface area contributed by atoms with E-state index in [-0.39, 0.29) is 17.6 Å². The first-order valence-electron chi connectivity index (χ1n) is 7.79. The van der Waals surface area contributed by atoms with Crippen LogP contribution < -0.4 is 5.73 Å². The molecule has 0 aliphatic rings. The fourth-order valence-corrected chi connectivity index (χ4v) is 2.47. The highest BCUT2D eigenvalue weighted by atomic mass is 35.5. The normalized spacial score (nSPS) is 10.3. The van der Waals surface area contributed by atoms with E-state index in [1.165, 1.54) is 25.7 Å². The smallest absolute Gasteiger partial charge is 0.208 e. The Bertz CT molecular complexity index is 776. The largest absolute Gasteiger partial charge is 0.382 e. The van der Waals surface area contributed by atoms with Crippen molar-refractivity contribution in [2.24, 2.45) is 0 Å². The number of fused-ring (bicyclic) bond motifs is 1. The van der Waals surface area contributed by atoms with Gasteiger partial charge in [0.25, 0.3) is 0 Å². The first-order valence-corrected chi connectivity index (χ1v) is 8.16. The van der Waals surface area contributed by atoms with Crippen LogP contribution in [-0.4, -0.2) is 19.5 Å². The maximum absolute atomic E-state index is 6.05. The molecular weight excluding hydrogens is 310 g/mol. The van der Waals surface area contributed by atoms with Crippen LogP contribution in [0.2, 0.25) is 5.28 Å². The molecule has 0 aliphatic heterocycles. The number of halogens is 1. The van der Waals surface area contributed by atoms with Crippen LogP contribution in [0.25, 0.3) is 11.2 Å². The zero-order valence-electron chi connectivity index (χ0n) is 13.3. The van der Waals surface area contributed by atoms with Crippen LogP contribution in [0.5, 0.6) is 0 Å². The monoisotopic (exact) mass is 329 g/mol. The van der Waals surface area contributed by atoms with Gasteiger partial charge in [-0.15, -0.1) is 6.42 Å². The van der Waals surface area contributed by atoms with Crippen molar-refractivity contribution in [3.63, 3.8) is 0 Å². The number of nitrogen functional groups attached to an aromatic ring is 1. The molecule has 0 atom stereocenters. The molecule has 0 unspecified atom stereocenters. The number of nitrogens with two attached hydrogens (primary N) is 1. The Morgan fingerprint density at radius 2 is 1.96 bits per heavy atom. The summed E-state index contributed by atoms with van der Waals surface area (Å²) in [4.78, 5) is 12.7. The third-order valence-corrected chi connectivity index (χ3v) is 3.72. The molecule has 120 valence electrons. The minimum atomic E-state index is 0.250. The summed E-state index contributed by atoms with van der Waals surface area (Å²) in [5, 5.41) is 0.250. The van der Waals surface area contributed by atoms with E-state index < -0.39 is 0 Å². The number of anilines is 1. The topological polar surface area (TPSA) is 69.6 Å². The SMILES string of the molecule is C#CCn1c(Cl)nc2c(N)nc(C#CCCCCCCC)nc21. The standard InChI is InChI=1S/C17H20ClN5/c1-3-5-6-7-8-9-10-11-13-20-15(19)14-16(21-13)23(12-4-2)17(18)22-14/h2H,3,5-9,12H2,1H3,(H2,19,20,21). The minimum absolute atomic E-state index is 0.250. The summed E-state index contributed by atoms with van der Waals surface area (Å²) in [6.45, 7) is 2.48. The Balaban J connectivity index is 2.13. The van der Waals surface area contributed by atoms with E-state index in [9.17, 15) is 0 Å². The van der Waals surface area contributed by atoms with Crippen molar-refractivity contribution in [1.29, 1.82) is 0 Å². The molecule has 0 aromatic carbocycles. The lowest BCUT2D eigenvalue weighted by atomic mass is 10.1. The van der Waals surface area contributed by atoms with Gasteiger partial charge in [0.05, 0.1) is 6.54 Å². The van der Waals surface area contributed by atoms with Crippen LogP contribution in [0.1, 0.15) is 51.3 Å². The number of nitrogens with zero attached hydrogens (tertiary/aromatic N) is 4. The maximum atomic E-state index is 6.05. The van der Waals surface area contributed by atoms with Crippen LogP contribution in [-0.2, 0) is 6.54 Å². The predicted molar refractivity (Wildman–Crippen MR) is 93.8 cm³/mol. The summed E-state index contributed by atoms with van der Waals surface area (Å²) in [7, 11) is 0. The number of aromatic nitrogens is 4. The zero-order valence-corrected chi connectivity index (χ0v) is 14.0. The van der Waals surface area contributed by atoms with Crippen molar-refractivity contribution >= 4 is 28.6 Å². The second-order valence-electron chi connectivity index (χ2n) is 5.24. The first-order chi connectivity index (χ1) is 11.2. The van der Waals surface area contributed by atoms with Crippen LogP contribution >= 0.6 is 11.6 Å². The number of imidazole rings is 1. The lowest BCUT2D eigenvalue weighted by Crippen LogP contribution is -2.02. The molecule has 2 rings (SSSR count). The van der Waals surface area contributed by atoms with Crippen molar-refractivity contribution in [3.8, 4) is 24.2 Å². The highest BCUT2D eigenvalue weighted by Gasteiger charge is 2.14. The average molecular weight is 330 g/mol.